The third-order valence-electron chi connectivity index (χ3n) is 9.63. The van der Waals surface area contributed by atoms with E-state index in [0.717, 1.165) is 33.1 Å². The molecule has 0 N–H and O–H groups in total. The summed E-state index contributed by atoms with van der Waals surface area (Å²) in [5.41, 5.74) is 7.95. The van der Waals surface area contributed by atoms with Crippen LogP contribution in [0.3, 0.4) is 0 Å². The van der Waals surface area contributed by atoms with Crippen molar-refractivity contribution in [2.24, 2.45) is 0 Å². The second-order valence-corrected chi connectivity index (χ2v) is 11.8. The highest BCUT2D eigenvalue weighted by Gasteiger charge is 2.25. The average Bonchev–Trinajstić information content (AvgIpc) is 3.72. The number of para-hydroxylation sites is 2. The lowest BCUT2D eigenvalue weighted by Crippen LogP contribution is -1.98. The predicted octanol–water partition coefficient (Wildman–Crippen LogP) is 10.2. The fourth-order valence-electron chi connectivity index (χ4n) is 7.83. The van der Waals surface area contributed by atoms with E-state index in [1.807, 2.05) is 12.3 Å². The van der Waals surface area contributed by atoms with Crippen molar-refractivity contribution in [3.8, 4) is 5.82 Å². The van der Waals surface area contributed by atoms with Crippen LogP contribution >= 0.6 is 0 Å². The van der Waals surface area contributed by atoms with E-state index in [0.29, 0.717) is 0 Å². The van der Waals surface area contributed by atoms with Crippen LogP contribution in [-0.4, -0.2) is 18.9 Å². The highest BCUT2D eigenvalue weighted by Crippen LogP contribution is 2.47. The van der Waals surface area contributed by atoms with Gasteiger partial charge >= 0.3 is 0 Å². The molecule has 4 nitrogen and oxygen atoms in total. The molecule has 5 heterocycles. The standard InChI is InChI=1S/C40H22N4/c1-2-10-26-23(8-1)17-19-29-35-39-30(22-31-28-12-4-6-14-33(28)44(38(26)29)40(31)35)27-11-3-5-13-32(27)43(39)34-20-18-25-16-15-24-9-7-21-41-36(24)37(25)42-34/h1-22H. The minimum atomic E-state index is 0.898. The summed E-state index contributed by atoms with van der Waals surface area (Å²) < 4.78 is 4.89. The van der Waals surface area contributed by atoms with Crippen molar-refractivity contribution in [2.75, 3.05) is 0 Å². The second kappa shape index (κ2) is 7.88. The van der Waals surface area contributed by atoms with Gasteiger partial charge in [-0.05, 0) is 41.8 Å². The van der Waals surface area contributed by atoms with Crippen LogP contribution in [0.25, 0.3) is 98.3 Å². The molecule has 0 aliphatic heterocycles. The van der Waals surface area contributed by atoms with Crippen molar-refractivity contribution in [1.82, 2.24) is 18.9 Å². The minimum Gasteiger partial charge on any atom is -0.307 e. The third kappa shape index (κ3) is 2.65. The molecule has 0 aliphatic rings. The zero-order valence-electron chi connectivity index (χ0n) is 23.5. The summed E-state index contributed by atoms with van der Waals surface area (Å²) >= 11 is 0. The number of hydrogen-bond acceptors (Lipinski definition) is 2. The molecule has 0 atom stereocenters. The molecule has 0 aliphatic carbocycles. The van der Waals surface area contributed by atoms with E-state index in [4.69, 9.17) is 9.97 Å². The summed E-state index contributed by atoms with van der Waals surface area (Å²) in [5.74, 6) is 0.898. The van der Waals surface area contributed by atoms with Gasteiger partial charge in [0.15, 0.2) is 0 Å². The molecule has 5 aromatic heterocycles. The molecule has 0 unspecified atom stereocenters. The largest absolute Gasteiger partial charge is 0.307 e. The Labute approximate surface area is 250 Å². The number of rotatable bonds is 1. The average molecular weight is 559 g/mol. The maximum Gasteiger partial charge on any atom is 0.138 e. The number of hydrogen-bond donors (Lipinski definition) is 0. The van der Waals surface area contributed by atoms with E-state index >= 15 is 0 Å². The molecule has 0 radical (unpaired) electrons. The molecule has 0 amide bonds. The van der Waals surface area contributed by atoms with Gasteiger partial charge in [-0.15, -0.1) is 0 Å². The molecule has 202 valence electrons. The molecular formula is C40H22N4. The molecule has 11 aromatic rings. The number of aromatic nitrogens is 4. The molecule has 0 saturated heterocycles. The summed E-state index contributed by atoms with van der Waals surface area (Å²) in [6.45, 7) is 0. The summed E-state index contributed by atoms with van der Waals surface area (Å²) in [7, 11) is 0. The summed E-state index contributed by atoms with van der Waals surface area (Å²) in [6, 6.07) is 46.0. The lowest BCUT2D eigenvalue weighted by atomic mass is 10.0. The van der Waals surface area contributed by atoms with Crippen LogP contribution in [0.15, 0.2) is 134 Å². The van der Waals surface area contributed by atoms with Crippen LogP contribution in [-0.2, 0) is 0 Å². The van der Waals surface area contributed by atoms with E-state index in [-0.39, 0.29) is 0 Å². The van der Waals surface area contributed by atoms with Gasteiger partial charge in [-0.1, -0.05) is 91.0 Å². The normalized spacial score (nSPS) is 12.5. The first-order valence-electron chi connectivity index (χ1n) is 15.0. The number of fused-ring (bicyclic) bond motifs is 15. The Bertz CT molecular complexity index is 3000. The van der Waals surface area contributed by atoms with Crippen LogP contribution in [0.4, 0.5) is 0 Å². The van der Waals surface area contributed by atoms with Crippen molar-refractivity contribution in [1.29, 1.82) is 0 Å². The molecule has 0 spiro atoms. The maximum absolute atomic E-state index is 5.36. The van der Waals surface area contributed by atoms with E-state index in [2.05, 4.69) is 130 Å². The van der Waals surface area contributed by atoms with E-state index in [9.17, 15) is 0 Å². The predicted molar refractivity (Wildman–Crippen MR) is 184 cm³/mol. The smallest absolute Gasteiger partial charge is 0.138 e. The van der Waals surface area contributed by atoms with Gasteiger partial charge in [0.2, 0.25) is 0 Å². The van der Waals surface area contributed by atoms with Crippen molar-refractivity contribution in [3.63, 3.8) is 0 Å². The van der Waals surface area contributed by atoms with Crippen LogP contribution in [0.1, 0.15) is 0 Å². The van der Waals surface area contributed by atoms with Crippen LogP contribution in [0.2, 0.25) is 0 Å². The first kappa shape index (κ1) is 22.6. The Morgan fingerprint density at radius 2 is 1.09 bits per heavy atom. The van der Waals surface area contributed by atoms with Crippen molar-refractivity contribution < 1.29 is 0 Å². The van der Waals surface area contributed by atoms with Gasteiger partial charge in [0.25, 0.3) is 0 Å². The Morgan fingerprint density at radius 1 is 0.432 bits per heavy atom. The highest BCUT2D eigenvalue weighted by atomic mass is 15.1. The quantitative estimate of drug-likeness (QED) is 0.188. The van der Waals surface area contributed by atoms with E-state index in [1.54, 1.807) is 0 Å². The monoisotopic (exact) mass is 558 g/mol. The van der Waals surface area contributed by atoms with Crippen LogP contribution in [0, 0.1) is 0 Å². The van der Waals surface area contributed by atoms with Crippen LogP contribution < -0.4 is 0 Å². The number of nitrogens with zero attached hydrogens (tertiary/aromatic N) is 4. The Balaban J connectivity index is 1.42. The van der Waals surface area contributed by atoms with Crippen molar-refractivity contribution >= 4 is 92.5 Å². The SMILES string of the molecule is c1ccc2c(c1)ccc1c3c4c(cc5c6ccccc6n(c21)c53)c1ccccc1n4-c1ccc2ccc3cccnc3c2n1. The minimum absolute atomic E-state index is 0.898. The van der Waals surface area contributed by atoms with Crippen molar-refractivity contribution in [2.45, 2.75) is 0 Å². The fraction of sp³-hybridized carbons (Fsp3) is 0. The van der Waals surface area contributed by atoms with E-state index < -0.39 is 0 Å². The molecule has 11 rings (SSSR count). The van der Waals surface area contributed by atoms with Gasteiger partial charge in [-0.25, -0.2) is 4.98 Å². The van der Waals surface area contributed by atoms with Gasteiger partial charge in [0, 0.05) is 54.7 Å². The summed E-state index contributed by atoms with van der Waals surface area (Å²) in [6.07, 6.45) is 1.86. The number of benzene rings is 6. The maximum atomic E-state index is 5.36. The molecule has 0 bridgehead atoms. The molecule has 6 aromatic carbocycles. The Kier molecular flexibility index (Phi) is 4.04. The zero-order valence-corrected chi connectivity index (χ0v) is 23.5. The zero-order chi connectivity index (χ0) is 28.5. The molecule has 0 saturated carbocycles. The Hall–Kier alpha value is -6.00. The van der Waals surface area contributed by atoms with Gasteiger partial charge in [-0.2, -0.15) is 0 Å². The molecule has 4 heteroatoms. The summed E-state index contributed by atoms with van der Waals surface area (Å²) in [4.78, 5) is 10.1. The molecular weight excluding hydrogens is 536 g/mol. The van der Waals surface area contributed by atoms with Gasteiger partial charge in [-0.3, -0.25) is 9.55 Å². The van der Waals surface area contributed by atoms with Crippen LogP contribution in [0.5, 0.6) is 0 Å². The topological polar surface area (TPSA) is 35.1 Å². The Morgan fingerprint density at radius 3 is 1.98 bits per heavy atom. The van der Waals surface area contributed by atoms with Gasteiger partial charge < -0.3 is 4.40 Å². The molecule has 44 heavy (non-hydrogen) atoms. The van der Waals surface area contributed by atoms with Gasteiger partial charge in [0.1, 0.15) is 5.82 Å². The lowest BCUT2D eigenvalue weighted by Gasteiger charge is -2.10. The second-order valence-electron chi connectivity index (χ2n) is 11.8. The van der Waals surface area contributed by atoms with Crippen molar-refractivity contribution in [3.05, 3.63) is 134 Å². The third-order valence-corrected chi connectivity index (χ3v) is 9.63. The van der Waals surface area contributed by atoms with E-state index in [1.165, 1.54) is 65.2 Å². The molecule has 0 fully saturated rings. The fourth-order valence-corrected chi connectivity index (χ4v) is 7.83. The first-order valence-corrected chi connectivity index (χ1v) is 15.0. The summed E-state index contributed by atoms with van der Waals surface area (Å²) in [5, 5.41) is 12.3. The first-order chi connectivity index (χ1) is 21.8. The highest BCUT2D eigenvalue weighted by molar-refractivity contribution is 6.36. The van der Waals surface area contributed by atoms with Gasteiger partial charge in [0.05, 0.1) is 38.6 Å². The number of pyridine rings is 2. The lowest BCUT2D eigenvalue weighted by molar-refractivity contribution is 1.11.